The summed E-state index contributed by atoms with van der Waals surface area (Å²) in [4.78, 5) is 17.0. The van der Waals surface area contributed by atoms with Crippen LogP contribution in [0.5, 0.6) is 0 Å². The van der Waals surface area contributed by atoms with Gasteiger partial charge in [0.1, 0.15) is 0 Å². The highest BCUT2D eigenvalue weighted by Gasteiger charge is 2.10. The first kappa shape index (κ1) is 17.4. The molecule has 1 aromatic carbocycles. The van der Waals surface area contributed by atoms with Gasteiger partial charge in [0.2, 0.25) is 5.91 Å². The maximum Gasteiger partial charge on any atom is 0.243 e. The van der Waals surface area contributed by atoms with Crippen molar-refractivity contribution in [1.82, 2.24) is 5.48 Å². The fourth-order valence-corrected chi connectivity index (χ4v) is 4.78. The Morgan fingerprint density at radius 2 is 1.91 bits per heavy atom. The van der Waals surface area contributed by atoms with Gasteiger partial charge in [-0.2, -0.15) is 0 Å². The fourth-order valence-electron chi connectivity index (χ4n) is 2.12. The maximum absolute atomic E-state index is 11.7. The molecule has 1 N–H and O–H groups in total. The molecule has 0 saturated carbocycles. The lowest BCUT2D eigenvalue weighted by molar-refractivity contribution is -0.134. The summed E-state index contributed by atoms with van der Waals surface area (Å²) in [5.74, 6) is 2.42. The molecule has 2 rings (SSSR count). The molecule has 0 radical (unpaired) electrons. The Morgan fingerprint density at radius 1 is 1.18 bits per heavy atom. The van der Waals surface area contributed by atoms with E-state index in [0.29, 0.717) is 13.0 Å². The number of amides is 1. The number of hydrogen-bond donors (Lipinski definition) is 1. The summed E-state index contributed by atoms with van der Waals surface area (Å²) in [5.41, 5.74) is 4.99. The number of carbonyl (C=O) groups excluding carboxylic acids is 1. The van der Waals surface area contributed by atoms with E-state index in [9.17, 15) is 4.79 Å². The van der Waals surface area contributed by atoms with Crippen molar-refractivity contribution < 1.29 is 9.63 Å². The second-order valence-electron chi connectivity index (χ2n) is 5.27. The molecule has 1 amide bonds. The number of nitrogens with one attached hydrogen (secondary N) is 1. The summed E-state index contributed by atoms with van der Waals surface area (Å²) in [6.45, 7) is 2.59. The first-order valence-electron chi connectivity index (χ1n) is 7.65. The van der Waals surface area contributed by atoms with E-state index in [0.717, 1.165) is 18.4 Å². The molecule has 0 aliphatic carbocycles. The lowest BCUT2D eigenvalue weighted by atomic mass is 10.1. The summed E-state index contributed by atoms with van der Waals surface area (Å²) in [7, 11) is 0. The lowest BCUT2D eigenvalue weighted by Gasteiger charge is -2.15. The van der Waals surface area contributed by atoms with E-state index >= 15 is 0 Å². The van der Waals surface area contributed by atoms with Crippen LogP contribution in [0.25, 0.3) is 0 Å². The van der Waals surface area contributed by atoms with Crippen LogP contribution in [-0.4, -0.2) is 17.4 Å². The zero-order chi connectivity index (χ0) is 15.6. The van der Waals surface area contributed by atoms with E-state index in [4.69, 9.17) is 4.84 Å². The van der Waals surface area contributed by atoms with Crippen LogP contribution in [0.2, 0.25) is 0 Å². The van der Waals surface area contributed by atoms with Crippen LogP contribution in [0, 0.1) is 0 Å². The number of hydrogen-bond acceptors (Lipinski definition) is 4. The van der Waals surface area contributed by atoms with Crippen molar-refractivity contribution in [2.45, 2.75) is 39.2 Å². The number of hydroxylamine groups is 1. The van der Waals surface area contributed by atoms with Gasteiger partial charge in [-0.15, -0.1) is 23.5 Å². The zero-order valence-electron chi connectivity index (χ0n) is 13.0. The first-order valence-corrected chi connectivity index (χ1v) is 9.63. The highest BCUT2D eigenvalue weighted by atomic mass is 32.2. The number of allylic oxidation sites excluding steroid dienone is 1. The van der Waals surface area contributed by atoms with Gasteiger partial charge < -0.3 is 0 Å². The number of rotatable bonds is 7. The molecule has 1 saturated heterocycles. The minimum Gasteiger partial charge on any atom is -0.273 e. The van der Waals surface area contributed by atoms with Crippen molar-refractivity contribution in [2.24, 2.45) is 0 Å². The molecular formula is C17H23NO2S2. The lowest BCUT2D eigenvalue weighted by Crippen LogP contribution is -2.23. The predicted molar refractivity (Wildman–Crippen MR) is 95.5 cm³/mol. The van der Waals surface area contributed by atoms with Gasteiger partial charge in [-0.05, 0) is 43.3 Å². The standard InChI is InChI=1S/C17H23NO2S2/c1-14(17-21-11-6-12-22-17)7-5-10-16(19)18-20-13-15-8-3-2-4-9-15/h2-4,8-9H,5-7,10-13H2,1H3,(H,18,19). The van der Waals surface area contributed by atoms with E-state index in [-0.39, 0.29) is 5.91 Å². The Morgan fingerprint density at radius 3 is 2.64 bits per heavy atom. The number of benzene rings is 1. The predicted octanol–water partition coefficient (Wildman–Crippen LogP) is 4.51. The molecule has 0 bridgehead atoms. The second kappa shape index (κ2) is 9.98. The normalized spacial score (nSPS) is 14.7. The molecule has 5 heteroatoms. The Hall–Kier alpha value is -0.910. The smallest absolute Gasteiger partial charge is 0.243 e. The molecule has 1 fully saturated rings. The van der Waals surface area contributed by atoms with Gasteiger partial charge in [0, 0.05) is 10.7 Å². The van der Waals surface area contributed by atoms with E-state index in [1.807, 2.05) is 53.9 Å². The van der Waals surface area contributed by atoms with Crippen molar-refractivity contribution >= 4 is 29.4 Å². The highest BCUT2D eigenvalue weighted by Crippen LogP contribution is 2.38. The van der Waals surface area contributed by atoms with Crippen molar-refractivity contribution in [3.05, 3.63) is 45.7 Å². The van der Waals surface area contributed by atoms with Crippen molar-refractivity contribution in [1.29, 1.82) is 0 Å². The molecule has 0 aromatic heterocycles. The van der Waals surface area contributed by atoms with Gasteiger partial charge >= 0.3 is 0 Å². The number of carbonyl (C=O) groups is 1. The maximum atomic E-state index is 11.7. The Kier molecular flexibility index (Phi) is 7.91. The average Bonchev–Trinajstić information content (AvgIpc) is 2.56. The van der Waals surface area contributed by atoms with Gasteiger partial charge in [-0.25, -0.2) is 5.48 Å². The minimum absolute atomic E-state index is 0.0438. The van der Waals surface area contributed by atoms with Crippen molar-refractivity contribution in [3.63, 3.8) is 0 Å². The van der Waals surface area contributed by atoms with Crippen LogP contribution < -0.4 is 5.48 Å². The van der Waals surface area contributed by atoms with Crippen LogP contribution in [0.4, 0.5) is 0 Å². The third-order valence-corrected chi connectivity index (χ3v) is 6.24. The summed E-state index contributed by atoms with van der Waals surface area (Å²) < 4.78 is 1.46. The molecule has 0 spiro atoms. The summed E-state index contributed by atoms with van der Waals surface area (Å²) >= 11 is 3.92. The molecular weight excluding hydrogens is 314 g/mol. The van der Waals surface area contributed by atoms with E-state index in [1.54, 1.807) is 0 Å². The molecule has 0 atom stereocenters. The molecule has 3 nitrogen and oxygen atoms in total. The molecule has 120 valence electrons. The van der Waals surface area contributed by atoms with Crippen LogP contribution in [-0.2, 0) is 16.2 Å². The summed E-state index contributed by atoms with van der Waals surface area (Å²) in [6, 6.07) is 9.82. The zero-order valence-corrected chi connectivity index (χ0v) is 14.6. The highest BCUT2D eigenvalue weighted by molar-refractivity contribution is 8.22. The van der Waals surface area contributed by atoms with Gasteiger partial charge in [-0.1, -0.05) is 35.9 Å². The van der Waals surface area contributed by atoms with Crippen LogP contribution in [0.1, 0.15) is 38.2 Å². The third-order valence-electron chi connectivity index (χ3n) is 3.33. The average molecular weight is 338 g/mol. The van der Waals surface area contributed by atoms with Crippen LogP contribution >= 0.6 is 23.5 Å². The monoisotopic (exact) mass is 337 g/mol. The third kappa shape index (κ3) is 6.46. The fraction of sp³-hybridized carbons (Fsp3) is 0.471. The van der Waals surface area contributed by atoms with Gasteiger partial charge in [-0.3, -0.25) is 9.63 Å². The quantitative estimate of drug-likeness (QED) is 0.743. The minimum atomic E-state index is -0.0438. The van der Waals surface area contributed by atoms with Gasteiger partial charge in [0.15, 0.2) is 0 Å². The molecule has 1 heterocycles. The molecule has 1 aromatic rings. The summed E-state index contributed by atoms with van der Waals surface area (Å²) in [5, 5.41) is 0. The van der Waals surface area contributed by atoms with E-state index in [1.165, 1.54) is 27.7 Å². The Balaban J connectivity index is 1.59. The van der Waals surface area contributed by atoms with Crippen molar-refractivity contribution in [2.75, 3.05) is 11.5 Å². The topological polar surface area (TPSA) is 38.3 Å². The van der Waals surface area contributed by atoms with Crippen molar-refractivity contribution in [3.8, 4) is 0 Å². The first-order chi connectivity index (χ1) is 10.8. The van der Waals surface area contributed by atoms with Crippen LogP contribution in [0.3, 0.4) is 0 Å². The molecule has 22 heavy (non-hydrogen) atoms. The van der Waals surface area contributed by atoms with E-state index in [2.05, 4.69) is 12.4 Å². The Labute approximate surface area is 141 Å². The Bertz CT molecular complexity index is 495. The van der Waals surface area contributed by atoms with Gasteiger partial charge in [0.25, 0.3) is 0 Å². The second-order valence-corrected chi connectivity index (χ2v) is 7.74. The van der Waals surface area contributed by atoms with Crippen LogP contribution in [0.15, 0.2) is 40.1 Å². The molecule has 1 aliphatic heterocycles. The SMILES string of the molecule is CC(CCCC(=O)NOCc1ccccc1)=C1SCCCS1. The van der Waals surface area contributed by atoms with Gasteiger partial charge in [0.05, 0.1) is 6.61 Å². The van der Waals surface area contributed by atoms with E-state index < -0.39 is 0 Å². The largest absolute Gasteiger partial charge is 0.273 e. The summed E-state index contributed by atoms with van der Waals surface area (Å²) in [6.07, 6.45) is 3.67. The number of thioether (sulfide) groups is 2. The molecule has 1 aliphatic rings. The molecule has 0 unspecified atom stereocenters.